The van der Waals surface area contributed by atoms with Crippen molar-refractivity contribution in [2.45, 2.75) is 19.6 Å². The summed E-state index contributed by atoms with van der Waals surface area (Å²) in [5, 5.41) is 0.514. The van der Waals surface area contributed by atoms with E-state index in [-0.39, 0.29) is 18.0 Å². The Morgan fingerprint density at radius 1 is 1.03 bits per heavy atom. The quantitative estimate of drug-likeness (QED) is 0.622. The van der Waals surface area contributed by atoms with Crippen LogP contribution in [0.15, 0.2) is 53.6 Å². The second-order valence-corrected chi connectivity index (χ2v) is 8.19. The van der Waals surface area contributed by atoms with Crippen molar-refractivity contribution in [1.29, 1.82) is 0 Å². The smallest absolute Gasteiger partial charge is 0.261 e. The van der Waals surface area contributed by atoms with Crippen molar-refractivity contribution in [3.8, 4) is 5.75 Å². The Labute approximate surface area is 186 Å². The molecule has 0 radical (unpaired) electrons. The molecule has 0 spiro atoms. The lowest BCUT2D eigenvalue weighted by Gasteiger charge is -2.27. The second kappa shape index (κ2) is 9.10. The molecule has 1 amide bonds. The van der Waals surface area contributed by atoms with Gasteiger partial charge in [-0.15, -0.1) is 0 Å². The Morgan fingerprint density at radius 3 is 2.75 bits per heavy atom. The summed E-state index contributed by atoms with van der Waals surface area (Å²) in [6.45, 7) is 5.54. The largest absolute Gasteiger partial charge is 0.491 e. The summed E-state index contributed by atoms with van der Waals surface area (Å²) in [6, 6.07) is 13.4. The highest BCUT2D eigenvalue weighted by Crippen LogP contribution is 2.25. The van der Waals surface area contributed by atoms with Gasteiger partial charge in [-0.3, -0.25) is 19.1 Å². The standard InChI is InChI=1S/C24H26N4O4/c29-23(16-28-17-25-21-4-2-1-3-20(21)24(28)30)27-9-12-32-22-6-5-18(13-19(22)15-27)14-26-7-10-31-11-8-26/h1-6,13,17H,7-12,14-16H2. The van der Waals surface area contributed by atoms with Crippen molar-refractivity contribution in [3.05, 3.63) is 70.3 Å². The molecule has 3 heterocycles. The van der Waals surface area contributed by atoms with Crippen LogP contribution in [-0.4, -0.2) is 64.7 Å². The first-order valence-electron chi connectivity index (χ1n) is 10.9. The molecule has 2 aliphatic heterocycles. The van der Waals surface area contributed by atoms with E-state index in [9.17, 15) is 9.59 Å². The van der Waals surface area contributed by atoms with Crippen molar-refractivity contribution in [2.24, 2.45) is 0 Å². The van der Waals surface area contributed by atoms with Crippen LogP contribution in [0.1, 0.15) is 11.1 Å². The lowest BCUT2D eigenvalue weighted by molar-refractivity contribution is -0.132. The first-order chi connectivity index (χ1) is 15.7. The Morgan fingerprint density at radius 2 is 1.88 bits per heavy atom. The Hall–Kier alpha value is -3.23. The van der Waals surface area contributed by atoms with E-state index in [0.717, 1.165) is 44.2 Å². The third kappa shape index (κ3) is 4.37. The van der Waals surface area contributed by atoms with Crippen LogP contribution in [0, 0.1) is 0 Å². The zero-order valence-corrected chi connectivity index (χ0v) is 17.9. The third-order valence-electron chi connectivity index (χ3n) is 6.00. The molecule has 2 aliphatic rings. The number of fused-ring (bicyclic) bond motifs is 2. The second-order valence-electron chi connectivity index (χ2n) is 8.19. The van der Waals surface area contributed by atoms with Crippen LogP contribution in [0.5, 0.6) is 5.75 Å². The van der Waals surface area contributed by atoms with Gasteiger partial charge in [-0.05, 0) is 29.8 Å². The molecule has 0 atom stereocenters. The van der Waals surface area contributed by atoms with E-state index >= 15 is 0 Å². The molecular formula is C24H26N4O4. The number of benzene rings is 2. The van der Waals surface area contributed by atoms with Crippen molar-refractivity contribution < 1.29 is 14.3 Å². The molecule has 5 rings (SSSR count). The molecule has 0 bridgehead atoms. The van der Waals surface area contributed by atoms with Gasteiger partial charge in [0.15, 0.2) is 0 Å². The van der Waals surface area contributed by atoms with Crippen molar-refractivity contribution >= 4 is 16.8 Å². The highest BCUT2D eigenvalue weighted by molar-refractivity contribution is 5.79. The number of carbonyl (C=O) groups is 1. The predicted octanol–water partition coefficient (Wildman–Crippen LogP) is 1.65. The fourth-order valence-electron chi connectivity index (χ4n) is 4.24. The maximum atomic E-state index is 13.1. The SMILES string of the molecule is O=C(Cn1cnc2ccccc2c1=O)N1CCOc2ccc(CN3CCOCC3)cc2C1. The van der Waals surface area contributed by atoms with E-state index in [1.54, 1.807) is 23.1 Å². The minimum atomic E-state index is -0.205. The molecule has 1 aromatic heterocycles. The summed E-state index contributed by atoms with van der Waals surface area (Å²) in [4.78, 5) is 34.3. The van der Waals surface area contributed by atoms with Gasteiger partial charge >= 0.3 is 0 Å². The number of para-hydroxylation sites is 1. The number of carbonyl (C=O) groups excluding carboxylic acids is 1. The average molecular weight is 434 g/mol. The van der Waals surface area contributed by atoms with Gasteiger partial charge in [0.2, 0.25) is 5.91 Å². The molecule has 8 nitrogen and oxygen atoms in total. The Kier molecular flexibility index (Phi) is 5.87. The summed E-state index contributed by atoms with van der Waals surface area (Å²) in [6.07, 6.45) is 1.45. The molecule has 0 N–H and O–H groups in total. The molecule has 0 saturated carbocycles. The van der Waals surface area contributed by atoms with Gasteiger partial charge in [0, 0.05) is 31.7 Å². The van der Waals surface area contributed by atoms with E-state index in [1.807, 2.05) is 12.1 Å². The lowest BCUT2D eigenvalue weighted by Crippen LogP contribution is -2.37. The van der Waals surface area contributed by atoms with Gasteiger partial charge in [-0.1, -0.05) is 18.2 Å². The summed E-state index contributed by atoms with van der Waals surface area (Å²) in [5.74, 6) is 0.690. The molecule has 32 heavy (non-hydrogen) atoms. The highest BCUT2D eigenvalue weighted by atomic mass is 16.5. The monoisotopic (exact) mass is 434 g/mol. The fraction of sp³-hybridized carbons (Fsp3) is 0.375. The van der Waals surface area contributed by atoms with Gasteiger partial charge in [0.05, 0.1) is 37.0 Å². The third-order valence-corrected chi connectivity index (χ3v) is 6.00. The van der Waals surface area contributed by atoms with Crippen LogP contribution in [0.25, 0.3) is 10.9 Å². The summed E-state index contributed by atoms with van der Waals surface area (Å²) in [5.41, 5.74) is 2.61. The maximum absolute atomic E-state index is 13.1. The summed E-state index contributed by atoms with van der Waals surface area (Å²) < 4.78 is 12.7. The van der Waals surface area contributed by atoms with E-state index < -0.39 is 0 Å². The number of morpholine rings is 1. The number of hydrogen-bond acceptors (Lipinski definition) is 6. The molecule has 0 unspecified atom stereocenters. The number of hydrogen-bond donors (Lipinski definition) is 0. The van der Waals surface area contributed by atoms with Crippen LogP contribution in [0.4, 0.5) is 0 Å². The molecular weight excluding hydrogens is 408 g/mol. The van der Waals surface area contributed by atoms with Gasteiger partial charge in [-0.25, -0.2) is 4.98 Å². The molecule has 0 aliphatic carbocycles. The number of nitrogens with zero attached hydrogens (tertiary/aromatic N) is 4. The van der Waals surface area contributed by atoms with E-state index in [0.29, 0.717) is 30.6 Å². The average Bonchev–Trinajstić information content (AvgIpc) is 3.04. The molecule has 2 aromatic carbocycles. The predicted molar refractivity (Wildman–Crippen MR) is 119 cm³/mol. The number of aromatic nitrogens is 2. The number of amides is 1. The topological polar surface area (TPSA) is 76.9 Å². The minimum Gasteiger partial charge on any atom is -0.491 e. The van der Waals surface area contributed by atoms with E-state index in [4.69, 9.17) is 9.47 Å². The highest BCUT2D eigenvalue weighted by Gasteiger charge is 2.21. The number of ether oxygens (including phenoxy) is 2. The zero-order valence-electron chi connectivity index (χ0n) is 17.9. The molecule has 8 heteroatoms. The summed E-state index contributed by atoms with van der Waals surface area (Å²) in [7, 11) is 0. The molecule has 166 valence electrons. The molecule has 1 saturated heterocycles. The van der Waals surface area contributed by atoms with Gasteiger partial charge < -0.3 is 14.4 Å². The first kappa shape index (κ1) is 20.7. The molecule has 1 fully saturated rings. The van der Waals surface area contributed by atoms with E-state index in [1.165, 1.54) is 16.5 Å². The van der Waals surface area contributed by atoms with Gasteiger partial charge in [0.1, 0.15) is 18.9 Å². The maximum Gasteiger partial charge on any atom is 0.261 e. The Balaban J connectivity index is 1.32. The van der Waals surface area contributed by atoms with Crippen molar-refractivity contribution in [1.82, 2.24) is 19.4 Å². The minimum absolute atomic E-state index is 0.0422. The van der Waals surface area contributed by atoms with Crippen LogP contribution in [-0.2, 0) is 29.2 Å². The Bertz CT molecular complexity index is 1190. The number of rotatable bonds is 4. The first-order valence-corrected chi connectivity index (χ1v) is 10.9. The lowest BCUT2D eigenvalue weighted by atomic mass is 10.1. The van der Waals surface area contributed by atoms with Gasteiger partial charge in [0.25, 0.3) is 5.56 Å². The fourth-order valence-corrected chi connectivity index (χ4v) is 4.24. The van der Waals surface area contributed by atoms with Crippen LogP contribution in [0.2, 0.25) is 0 Å². The normalized spacial score (nSPS) is 16.9. The van der Waals surface area contributed by atoms with Crippen LogP contribution >= 0.6 is 0 Å². The van der Waals surface area contributed by atoms with Crippen LogP contribution in [0.3, 0.4) is 0 Å². The van der Waals surface area contributed by atoms with Crippen LogP contribution < -0.4 is 10.3 Å². The van der Waals surface area contributed by atoms with E-state index in [2.05, 4.69) is 22.0 Å². The van der Waals surface area contributed by atoms with Crippen molar-refractivity contribution in [2.75, 3.05) is 39.5 Å². The molecule has 3 aromatic rings. The zero-order chi connectivity index (χ0) is 21.9. The van der Waals surface area contributed by atoms with Gasteiger partial charge in [-0.2, -0.15) is 0 Å². The van der Waals surface area contributed by atoms with Crippen molar-refractivity contribution in [3.63, 3.8) is 0 Å². The summed E-state index contributed by atoms with van der Waals surface area (Å²) >= 11 is 0.